The summed E-state index contributed by atoms with van der Waals surface area (Å²) in [4.78, 5) is 31.3. The van der Waals surface area contributed by atoms with Gasteiger partial charge in [-0.3, -0.25) is 18.9 Å². The van der Waals surface area contributed by atoms with E-state index in [0.29, 0.717) is 0 Å². The summed E-state index contributed by atoms with van der Waals surface area (Å²) in [5.74, 6) is -0.235. The molecule has 166 valence electrons. The van der Waals surface area contributed by atoms with Crippen LogP contribution in [0.15, 0.2) is 32.8 Å². The summed E-state index contributed by atoms with van der Waals surface area (Å²) in [5, 5.41) is 11.1. The minimum absolute atomic E-state index is 0.0644. The lowest BCUT2D eigenvalue weighted by atomic mass is 9.94. The lowest BCUT2D eigenvalue weighted by Gasteiger charge is -2.29. The molecule has 2 aliphatic rings. The topological polar surface area (TPSA) is 76.6 Å². The van der Waals surface area contributed by atoms with E-state index in [1.165, 1.54) is 20.9 Å². The zero-order chi connectivity index (χ0) is 22.0. The van der Waals surface area contributed by atoms with E-state index in [-0.39, 0.29) is 29.2 Å². The third-order valence-electron chi connectivity index (χ3n) is 7.04. The quantitative estimate of drug-likeness (QED) is 0.696. The Balaban J connectivity index is 1.84. The van der Waals surface area contributed by atoms with Crippen LogP contribution in [0.4, 0.5) is 5.69 Å². The first-order valence-corrected chi connectivity index (χ1v) is 11.7. The van der Waals surface area contributed by atoms with Crippen molar-refractivity contribution in [3.63, 3.8) is 0 Å². The van der Waals surface area contributed by atoms with Crippen LogP contribution in [0.2, 0.25) is 0 Å². The van der Waals surface area contributed by atoms with Crippen molar-refractivity contribution >= 4 is 11.9 Å². The molecule has 0 spiro atoms. The van der Waals surface area contributed by atoms with Gasteiger partial charge in [0.2, 0.25) is 5.88 Å². The number of aliphatic imine (C=N–C) groups is 1. The summed E-state index contributed by atoms with van der Waals surface area (Å²) in [6, 6.07) is 5.68. The van der Waals surface area contributed by atoms with Crippen LogP contribution in [0.5, 0.6) is 5.88 Å². The van der Waals surface area contributed by atoms with Gasteiger partial charge in [0.15, 0.2) is 0 Å². The molecule has 0 amide bonds. The molecule has 0 saturated heterocycles. The molecule has 0 unspecified atom stereocenters. The standard InChI is InChI=1S/C25H33N3O3/c1-17-13-14-19(15-18(17)2)26-16-22-23(29)27(20-9-5-3-6-10-20)25(31)28(24(22)30)21-11-7-4-8-12-21/h13-16,20-21,29H,3-12H2,1-2H3. The predicted octanol–water partition coefficient (Wildman–Crippen LogP) is 5.09. The molecule has 0 bridgehead atoms. The second kappa shape index (κ2) is 9.25. The maximum atomic E-state index is 13.4. The normalized spacial score (nSPS) is 18.6. The van der Waals surface area contributed by atoms with Gasteiger partial charge in [-0.25, -0.2) is 4.79 Å². The van der Waals surface area contributed by atoms with Crippen LogP contribution in [-0.2, 0) is 0 Å². The molecule has 2 aromatic rings. The molecular formula is C25H33N3O3. The Labute approximate surface area is 183 Å². The van der Waals surface area contributed by atoms with Gasteiger partial charge in [-0.05, 0) is 62.8 Å². The van der Waals surface area contributed by atoms with Gasteiger partial charge in [0.1, 0.15) is 5.56 Å². The highest BCUT2D eigenvalue weighted by Crippen LogP contribution is 2.31. The van der Waals surface area contributed by atoms with Gasteiger partial charge in [-0.15, -0.1) is 0 Å². The van der Waals surface area contributed by atoms with Crippen molar-refractivity contribution in [3.8, 4) is 5.88 Å². The zero-order valence-corrected chi connectivity index (χ0v) is 18.6. The van der Waals surface area contributed by atoms with E-state index >= 15 is 0 Å². The molecule has 0 radical (unpaired) electrons. The Kier molecular flexibility index (Phi) is 6.44. The van der Waals surface area contributed by atoms with Crippen molar-refractivity contribution in [2.45, 2.75) is 90.1 Å². The summed E-state index contributed by atoms with van der Waals surface area (Å²) >= 11 is 0. The van der Waals surface area contributed by atoms with Crippen LogP contribution in [0.1, 0.15) is 93.0 Å². The number of benzene rings is 1. The molecule has 6 nitrogen and oxygen atoms in total. The van der Waals surface area contributed by atoms with Gasteiger partial charge >= 0.3 is 5.69 Å². The SMILES string of the molecule is Cc1ccc(N=Cc2c(O)n(C3CCCCC3)c(=O)n(C3CCCCC3)c2=O)cc1C. The third kappa shape index (κ3) is 4.39. The Morgan fingerprint density at radius 2 is 1.45 bits per heavy atom. The molecule has 4 rings (SSSR count). The van der Waals surface area contributed by atoms with E-state index in [2.05, 4.69) is 4.99 Å². The highest BCUT2D eigenvalue weighted by Gasteiger charge is 2.28. The van der Waals surface area contributed by atoms with Crippen molar-refractivity contribution in [1.29, 1.82) is 0 Å². The van der Waals surface area contributed by atoms with Crippen LogP contribution in [0.3, 0.4) is 0 Å². The number of aryl methyl sites for hydroxylation is 2. The van der Waals surface area contributed by atoms with Gasteiger partial charge in [0.25, 0.3) is 5.56 Å². The van der Waals surface area contributed by atoms with Gasteiger partial charge in [-0.1, -0.05) is 44.6 Å². The van der Waals surface area contributed by atoms with Crippen molar-refractivity contribution in [3.05, 3.63) is 55.7 Å². The Hall–Kier alpha value is -2.63. The van der Waals surface area contributed by atoms with E-state index in [1.54, 1.807) is 0 Å². The summed E-state index contributed by atoms with van der Waals surface area (Å²) in [6.07, 6.45) is 11.2. The summed E-state index contributed by atoms with van der Waals surface area (Å²) in [5.41, 5.74) is 2.35. The molecule has 31 heavy (non-hydrogen) atoms. The van der Waals surface area contributed by atoms with Crippen LogP contribution in [-0.4, -0.2) is 20.5 Å². The lowest BCUT2D eigenvalue weighted by Crippen LogP contribution is -2.45. The largest absolute Gasteiger partial charge is 0.494 e. The Morgan fingerprint density at radius 1 is 0.871 bits per heavy atom. The van der Waals surface area contributed by atoms with Crippen LogP contribution < -0.4 is 11.2 Å². The van der Waals surface area contributed by atoms with Crippen molar-refractivity contribution in [1.82, 2.24) is 9.13 Å². The molecule has 1 N–H and O–H groups in total. The minimum atomic E-state index is -0.422. The number of aromatic hydroxyl groups is 1. The van der Waals surface area contributed by atoms with Gasteiger partial charge < -0.3 is 5.11 Å². The fraction of sp³-hybridized carbons (Fsp3) is 0.560. The van der Waals surface area contributed by atoms with Crippen LogP contribution in [0.25, 0.3) is 0 Å². The average molecular weight is 424 g/mol. The fourth-order valence-corrected chi connectivity index (χ4v) is 5.04. The lowest BCUT2D eigenvalue weighted by molar-refractivity contribution is 0.271. The van der Waals surface area contributed by atoms with Crippen LogP contribution in [0, 0.1) is 13.8 Å². The Morgan fingerprint density at radius 3 is 2.03 bits per heavy atom. The molecule has 6 heteroatoms. The summed E-state index contributed by atoms with van der Waals surface area (Å²) < 4.78 is 2.89. The predicted molar refractivity (Wildman–Crippen MR) is 124 cm³/mol. The maximum Gasteiger partial charge on any atom is 0.334 e. The molecule has 1 aromatic carbocycles. The monoisotopic (exact) mass is 423 g/mol. The number of hydrogen-bond donors (Lipinski definition) is 1. The molecule has 2 aliphatic carbocycles. The number of aromatic nitrogens is 2. The van der Waals surface area contributed by atoms with E-state index in [9.17, 15) is 14.7 Å². The second-order valence-corrected chi connectivity index (χ2v) is 9.18. The van der Waals surface area contributed by atoms with Crippen molar-refractivity contribution < 1.29 is 5.11 Å². The Bertz CT molecular complexity index is 1080. The number of hydrogen-bond acceptors (Lipinski definition) is 4. The van der Waals surface area contributed by atoms with Crippen molar-refractivity contribution in [2.75, 3.05) is 0 Å². The molecular weight excluding hydrogens is 390 g/mol. The van der Waals surface area contributed by atoms with Crippen LogP contribution >= 0.6 is 0 Å². The van der Waals surface area contributed by atoms with Gasteiger partial charge in [0.05, 0.1) is 5.69 Å². The second-order valence-electron chi connectivity index (χ2n) is 9.18. The maximum absolute atomic E-state index is 13.4. The zero-order valence-electron chi connectivity index (χ0n) is 18.6. The molecule has 0 atom stereocenters. The minimum Gasteiger partial charge on any atom is -0.494 e. The first kappa shape index (κ1) is 21.6. The highest BCUT2D eigenvalue weighted by atomic mass is 16.3. The number of rotatable bonds is 4. The molecule has 1 aromatic heterocycles. The summed E-state index contributed by atoms with van der Waals surface area (Å²) in [6.45, 7) is 4.06. The van der Waals surface area contributed by atoms with E-state index in [4.69, 9.17) is 0 Å². The smallest absolute Gasteiger partial charge is 0.334 e. The molecule has 2 fully saturated rings. The van der Waals surface area contributed by atoms with E-state index in [1.807, 2.05) is 32.0 Å². The molecule has 1 heterocycles. The first-order valence-electron chi connectivity index (χ1n) is 11.7. The van der Waals surface area contributed by atoms with Gasteiger partial charge in [-0.2, -0.15) is 0 Å². The molecule has 0 aliphatic heterocycles. The first-order chi connectivity index (χ1) is 15.0. The fourth-order valence-electron chi connectivity index (χ4n) is 5.04. The number of nitrogens with zero attached hydrogens (tertiary/aromatic N) is 3. The van der Waals surface area contributed by atoms with Gasteiger partial charge in [0, 0.05) is 18.3 Å². The summed E-state index contributed by atoms with van der Waals surface area (Å²) in [7, 11) is 0. The average Bonchev–Trinajstić information content (AvgIpc) is 2.77. The van der Waals surface area contributed by atoms with E-state index < -0.39 is 5.56 Å². The highest BCUT2D eigenvalue weighted by molar-refractivity contribution is 5.84. The van der Waals surface area contributed by atoms with E-state index in [0.717, 1.165) is 75.5 Å². The van der Waals surface area contributed by atoms with Crippen molar-refractivity contribution in [2.24, 2.45) is 4.99 Å². The molecule has 2 saturated carbocycles. The third-order valence-corrected chi connectivity index (χ3v) is 7.04.